The van der Waals surface area contributed by atoms with Crippen LogP contribution >= 0.6 is 23.2 Å². The van der Waals surface area contributed by atoms with Crippen LogP contribution in [-0.4, -0.2) is 29.4 Å². The van der Waals surface area contributed by atoms with Gasteiger partial charge < -0.3 is 14.8 Å². The molecule has 2 aromatic carbocycles. The zero-order valence-corrected chi connectivity index (χ0v) is 16.5. The average Bonchev–Trinajstić information content (AvgIpc) is 3.10. The van der Waals surface area contributed by atoms with Crippen molar-refractivity contribution in [2.24, 2.45) is 0 Å². The van der Waals surface area contributed by atoms with Crippen molar-refractivity contribution in [3.8, 4) is 11.5 Å². The third kappa shape index (κ3) is 5.16. The average molecular weight is 442 g/mol. The Labute approximate surface area is 174 Å². The minimum absolute atomic E-state index is 0.0133. The van der Waals surface area contributed by atoms with Gasteiger partial charge in [0.15, 0.2) is 11.5 Å². The predicted octanol–water partition coefficient (Wildman–Crippen LogP) is 5.10. The number of hydrogen-bond donors (Lipinski definition) is 1. The summed E-state index contributed by atoms with van der Waals surface area (Å²) in [5.41, 5.74) is 0.964. The summed E-state index contributed by atoms with van der Waals surface area (Å²) in [7, 11) is 1.29. The van der Waals surface area contributed by atoms with E-state index in [2.05, 4.69) is 15.2 Å². The molecular formula is C19H15Cl2F2N3O3. The molecule has 1 N–H and O–H groups in total. The third-order valence-corrected chi connectivity index (χ3v) is 4.52. The molecule has 0 bridgehead atoms. The zero-order chi connectivity index (χ0) is 21.0. The van der Waals surface area contributed by atoms with Gasteiger partial charge in [0.1, 0.15) is 5.82 Å². The number of methoxy groups -OCH3 is 1. The lowest BCUT2D eigenvalue weighted by Gasteiger charge is -2.13. The molecule has 3 rings (SSSR count). The van der Waals surface area contributed by atoms with Crippen LogP contribution in [0.15, 0.2) is 48.7 Å². The van der Waals surface area contributed by atoms with Crippen molar-refractivity contribution in [2.75, 3.05) is 12.4 Å². The van der Waals surface area contributed by atoms with Gasteiger partial charge in [-0.1, -0.05) is 29.3 Å². The second-order valence-corrected chi connectivity index (χ2v) is 6.65. The lowest BCUT2D eigenvalue weighted by molar-refractivity contribution is -0.0512. The van der Waals surface area contributed by atoms with Crippen LogP contribution in [0.4, 0.5) is 14.6 Å². The molecule has 1 amide bonds. The summed E-state index contributed by atoms with van der Waals surface area (Å²) in [6.45, 7) is -2.69. The summed E-state index contributed by atoms with van der Waals surface area (Å²) >= 11 is 12.1. The number of carbonyl (C=O) groups is 1. The number of ether oxygens (including phenoxy) is 2. The molecule has 0 saturated carbocycles. The van der Waals surface area contributed by atoms with E-state index < -0.39 is 12.5 Å². The first kappa shape index (κ1) is 20.9. The number of anilines is 1. The molecule has 0 spiro atoms. The van der Waals surface area contributed by atoms with Gasteiger partial charge in [0.2, 0.25) is 0 Å². The highest BCUT2D eigenvalue weighted by molar-refractivity contribution is 6.35. The third-order valence-electron chi connectivity index (χ3n) is 3.94. The molecule has 1 heterocycles. The summed E-state index contributed by atoms with van der Waals surface area (Å²) in [4.78, 5) is 12.6. The van der Waals surface area contributed by atoms with Gasteiger partial charge in [-0.2, -0.15) is 13.9 Å². The Morgan fingerprint density at radius 1 is 1.17 bits per heavy atom. The smallest absolute Gasteiger partial charge is 0.387 e. The Morgan fingerprint density at radius 2 is 1.97 bits per heavy atom. The van der Waals surface area contributed by atoms with E-state index in [1.807, 2.05) is 0 Å². The molecule has 3 aromatic rings. The molecule has 10 heteroatoms. The largest absolute Gasteiger partial charge is 0.493 e. The van der Waals surface area contributed by atoms with Crippen molar-refractivity contribution in [1.29, 1.82) is 0 Å². The first-order valence-electron chi connectivity index (χ1n) is 8.27. The SMILES string of the molecule is COc1cc(C(=O)Nc2ccnn2Cc2ccc(Cl)cc2Cl)ccc1OC(F)F. The van der Waals surface area contributed by atoms with E-state index in [0.29, 0.717) is 22.4 Å². The molecule has 29 heavy (non-hydrogen) atoms. The van der Waals surface area contributed by atoms with Gasteiger partial charge in [0.25, 0.3) is 5.91 Å². The fraction of sp³-hybridized carbons (Fsp3) is 0.158. The lowest BCUT2D eigenvalue weighted by atomic mass is 10.2. The number of alkyl halides is 2. The monoisotopic (exact) mass is 441 g/mol. The molecule has 0 aliphatic carbocycles. The maximum Gasteiger partial charge on any atom is 0.387 e. The summed E-state index contributed by atoms with van der Waals surface area (Å²) in [6, 6.07) is 10.6. The molecule has 0 aliphatic heterocycles. The quantitative estimate of drug-likeness (QED) is 0.553. The van der Waals surface area contributed by atoms with Gasteiger partial charge >= 0.3 is 6.61 Å². The van der Waals surface area contributed by atoms with Crippen molar-refractivity contribution in [3.05, 3.63) is 69.8 Å². The highest BCUT2D eigenvalue weighted by Gasteiger charge is 2.16. The number of nitrogens with zero attached hydrogens (tertiary/aromatic N) is 2. The van der Waals surface area contributed by atoms with Gasteiger partial charge in [0.05, 0.1) is 19.9 Å². The number of nitrogens with one attached hydrogen (secondary N) is 1. The summed E-state index contributed by atoms with van der Waals surface area (Å²) in [5, 5.41) is 7.89. The van der Waals surface area contributed by atoms with Gasteiger partial charge in [-0.15, -0.1) is 0 Å². The molecule has 0 radical (unpaired) electrons. The van der Waals surface area contributed by atoms with Crippen molar-refractivity contribution in [3.63, 3.8) is 0 Å². The topological polar surface area (TPSA) is 65.4 Å². The maximum atomic E-state index is 12.6. The number of amides is 1. The number of hydrogen-bond acceptors (Lipinski definition) is 4. The summed E-state index contributed by atoms with van der Waals surface area (Å²) < 4.78 is 35.8. The predicted molar refractivity (Wildman–Crippen MR) is 105 cm³/mol. The van der Waals surface area contributed by atoms with Crippen LogP contribution in [0.1, 0.15) is 15.9 Å². The van der Waals surface area contributed by atoms with Gasteiger partial charge in [-0.3, -0.25) is 4.79 Å². The Morgan fingerprint density at radius 3 is 2.66 bits per heavy atom. The second kappa shape index (κ2) is 9.11. The highest BCUT2D eigenvalue weighted by atomic mass is 35.5. The van der Waals surface area contributed by atoms with E-state index in [4.69, 9.17) is 27.9 Å². The van der Waals surface area contributed by atoms with Crippen molar-refractivity contribution < 1.29 is 23.0 Å². The fourth-order valence-corrected chi connectivity index (χ4v) is 3.04. The van der Waals surface area contributed by atoms with E-state index in [1.165, 1.54) is 31.5 Å². The first-order chi connectivity index (χ1) is 13.9. The molecule has 0 saturated heterocycles. The van der Waals surface area contributed by atoms with Gasteiger partial charge in [-0.25, -0.2) is 4.68 Å². The van der Waals surface area contributed by atoms with Crippen LogP contribution in [0.3, 0.4) is 0 Å². The molecule has 152 valence electrons. The van der Waals surface area contributed by atoms with Crippen LogP contribution in [-0.2, 0) is 6.54 Å². The zero-order valence-electron chi connectivity index (χ0n) is 15.0. The van der Waals surface area contributed by atoms with Crippen LogP contribution in [0.5, 0.6) is 11.5 Å². The summed E-state index contributed by atoms with van der Waals surface area (Å²) in [6.07, 6.45) is 1.53. The minimum atomic E-state index is -3.00. The molecule has 0 aliphatic rings. The van der Waals surface area contributed by atoms with Crippen molar-refractivity contribution >= 4 is 34.9 Å². The van der Waals surface area contributed by atoms with Crippen molar-refractivity contribution in [2.45, 2.75) is 13.2 Å². The lowest BCUT2D eigenvalue weighted by Crippen LogP contribution is -2.16. The van der Waals surface area contributed by atoms with E-state index in [1.54, 1.807) is 28.9 Å². The second-order valence-electron chi connectivity index (χ2n) is 5.81. The van der Waals surface area contributed by atoms with Crippen LogP contribution in [0.25, 0.3) is 0 Å². The minimum Gasteiger partial charge on any atom is -0.493 e. The normalized spacial score (nSPS) is 10.8. The Hall–Kier alpha value is -2.84. The van der Waals surface area contributed by atoms with E-state index in [-0.39, 0.29) is 17.1 Å². The van der Waals surface area contributed by atoms with Crippen LogP contribution in [0.2, 0.25) is 10.0 Å². The summed E-state index contributed by atoms with van der Waals surface area (Å²) in [5.74, 6) is -0.204. The molecule has 6 nitrogen and oxygen atoms in total. The fourth-order valence-electron chi connectivity index (χ4n) is 2.57. The number of rotatable bonds is 7. The molecule has 0 fully saturated rings. The Bertz CT molecular complexity index is 1030. The van der Waals surface area contributed by atoms with Crippen LogP contribution in [0, 0.1) is 0 Å². The number of aromatic nitrogens is 2. The first-order valence-corrected chi connectivity index (χ1v) is 9.03. The van der Waals surface area contributed by atoms with E-state index >= 15 is 0 Å². The highest BCUT2D eigenvalue weighted by Crippen LogP contribution is 2.30. The molecule has 1 aromatic heterocycles. The molecule has 0 atom stereocenters. The van der Waals surface area contributed by atoms with Crippen molar-refractivity contribution in [1.82, 2.24) is 9.78 Å². The van der Waals surface area contributed by atoms with E-state index in [9.17, 15) is 13.6 Å². The standard InChI is InChI=1S/C19H15Cl2F2N3O3/c1-28-16-8-11(3-5-15(16)29-19(22)23)18(27)25-17-6-7-24-26(17)10-12-2-4-13(20)9-14(12)21/h2-9,19H,10H2,1H3,(H,25,27). The Kier molecular flexibility index (Phi) is 6.56. The molecule has 0 unspecified atom stereocenters. The van der Waals surface area contributed by atoms with Crippen LogP contribution < -0.4 is 14.8 Å². The molecular weight excluding hydrogens is 427 g/mol. The van der Waals surface area contributed by atoms with Gasteiger partial charge in [0, 0.05) is 21.7 Å². The van der Waals surface area contributed by atoms with E-state index in [0.717, 1.165) is 5.56 Å². The van der Waals surface area contributed by atoms with Gasteiger partial charge in [-0.05, 0) is 35.9 Å². The number of halogens is 4. The number of carbonyl (C=O) groups excluding carboxylic acids is 1. The Balaban J connectivity index is 1.77. The maximum absolute atomic E-state index is 12.6. The number of benzene rings is 2.